The van der Waals surface area contributed by atoms with Gasteiger partial charge in [0.1, 0.15) is 6.61 Å². The van der Waals surface area contributed by atoms with Crippen LogP contribution in [0, 0.1) is 5.41 Å². The van der Waals surface area contributed by atoms with Crippen LogP contribution in [-0.2, 0) is 37.0 Å². The lowest BCUT2D eigenvalue weighted by molar-refractivity contribution is -0.154. The highest BCUT2D eigenvalue weighted by Crippen LogP contribution is 2.18. The van der Waals surface area contributed by atoms with Crippen molar-refractivity contribution in [1.82, 2.24) is 0 Å². The molecular weight excluding hydrogens is 280 g/mol. The third kappa shape index (κ3) is 5.71. The minimum Gasteiger partial charge on any atom is -0.460 e. The summed E-state index contributed by atoms with van der Waals surface area (Å²) in [6.45, 7) is 5.34. The van der Waals surface area contributed by atoms with E-state index in [4.69, 9.17) is 8.92 Å². The molecule has 1 aromatic rings. The van der Waals surface area contributed by atoms with E-state index in [1.54, 1.807) is 45.0 Å². The van der Waals surface area contributed by atoms with Crippen molar-refractivity contribution in [2.45, 2.75) is 34.0 Å². The first-order valence-electron chi connectivity index (χ1n) is 6.18. The van der Waals surface area contributed by atoms with Crippen molar-refractivity contribution >= 4 is 16.1 Å². The van der Waals surface area contributed by atoms with Gasteiger partial charge < -0.3 is 4.74 Å². The van der Waals surface area contributed by atoms with Crippen molar-refractivity contribution in [3.05, 3.63) is 35.4 Å². The summed E-state index contributed by atoms with van der Waals surface area (Å²) in [6, 6.07) is 7.09. The van der Waals surface area contributed by atoms with Crippen molar-refractivity contribution < 1.29 is 22.1 Å². The summed E-state index contributed by atoms with van der Waals surface area (Å²) in [5.41, 5.74) is 0.839. The maximum absolute atomic E-state index is 11.7. The Hall–Kier alpha value is -1.40. The standard InChI is InChI=1S/C14H20O5S/c1-14(2,3)13(15)18-9-11-7-5-6-8-12(11)10-19-20(4,16)17/h5-8H,9-10H2,1-4H3. The molecule has 0 amide bonds. The van der Waals surface area contributed by atoms with Crippen LogP contribution in [0.4, 0.5) is 0 Å². The molecule has 20 heavy (non-hydrogen) atoms. The second kappa shape index (κ2) is 6.37. The Morgan fingerprint density at radius 3 is 2.05 bits per heavy atom. The third-order valence-electron chi connectivity index (χ3n) is 2.52. The first kappa shape index (κ1) is 16.7. The molecule has 0 spiro atoms. The SMILES string of the molecule is CC(C)(C)C(=O)OCc1ccccc1COS(C)(=O)=O. The molecule has 0 aliphatic carbocycles. The van der Waals surface area contributed by atoms with Gasteiger partial charge in [-0.05, 0) is 31.9 Å². The molecule has 0 bridgehead atoms. The predicted octanol–water partition coefficient (Wildman–Crippen LogP) is 2.25. The molecule has 6 heteroatoms. The van der Waals surface area contributed by atoms with Crippen LogP contribution in [0.2, 0.25) is 0 Å². The van der Waals surface area contributed by atoms with Gasteiger partial charge in [-0.2, -0.15) is 8.42 Å². The zero-order chi connectivity index (χ0) is 15.4. The minimum absolute atomic E-state index is 0.0674. The van der Waals surface area contributed by atoms with Gasteiger partial charge in [-0.15, -0.1) is 0 Å². The van der Waals surface area contributed by atoms with E-state index in [1.807, 2.05) is 0 Å². The molecule has 0 fully saturated rings. The molecule has 0 unspecified atom stereocenters. The molecule has 112 valence electrons. The topological polar surface area (TPSA) is 69.7 Å². The molecule has 0 N–H and O–H groups in total. The van der Waals surface area contributed by atoms with Gasteiger partial charge in [-0.25, -0.2) is 0 Å². The summed E-state index contributed by atoms with van der Waals surface area (Å²) >= 11 is 0. The summed E-state index contributed by atoms with van der Waals surface area (Å²) in [4.78, 5) is 11.7. The van der Waals surface area contributed by atoms with E-state index in [0.717, 1.165) is 11.8 Å². The van der Waals surface area contributed by atoms with Gasteiger partial charge in [0.05, 0.1) is 18.3 Å². The van der Waals surface area contributed by atoms with Crippen molar-refractivity contribution in [2.75, 3.05) is 6.26 Å². The number of hydrogen-bond acceptors (Lipinski definition) is 5. The molecule has 0 saturated heterocycles. The molecule has 0 heterocycles. The molecule has 1 rings (SSSR count). The van der Waals surface area contributed by atoms with Crippen LogP contribution in [0.25, 0.3) is 0 Å². The summed E-state index contributed by atoms with van der Waals surface area (Å²) in [5, 5.41) is 0. The average molecular weight is 300 g/mol. The predicted molar refractivity (Wildman–Crippen MR) is 75.3 cm³/mol. The highest BCUT2D eigenvalue weighted by Gasteiger charge is 2.23. The van der Waals surface area contributed by atoms with E-state index >= 15 is 0 Å². The Balaban J connectivity index is 2.74. The second-order valence-electron chi connectivity index (χ2n) is 5.56. The Morgan fingerprint density at radius 2 is 1.60 bits per heavy atom. The maximum Gasteiger partial charge on any atom is 0.311 e. The second-order valence-corrected chi connectivity index (χ2v) is 7.21. The van der Waals surface area contributed by atoms with E-state index in [9.17, 15) is 13.2 Å². The first-order valence-corrected chi connectivity index (χ1v) is 7.99. The van der Waals surface area contributed by atoms with E-state index in [-0.39, 0.29) is 19.2 Å². The van der Waals surface area contributed by atoms with E-state index in [2.05, 4.69) is 0 Å². The van der Waals surface area contributed by atoms with Crippen LogP contribution >= 0.6 is 0 Å². The molecule has 1 aromatic carbocycles. The quantitative estimate of drug-likeness (QED) is 0.616. The van der Waals surface area contributed by atoms with Gasteiger partial charge in [-0.1, -0.05) is 24.3 Å². The minimum atomic E-state index is -3.50. The van der Waals surface area contributed by atoms with Crippen LogP contribution in [0.3, 0.4) is 0 Å². The van der Waals surface area contributed by atoms with Crippen molar-refractivity contribution in [3.63, 3.8) is 0 Å². The van der Waals surface area contributed by atoms with Gasteiger partial charge in [0.15, 0.2) is 0 Å². The van der Waals surface area contributed by atoms with Crippen molar-refractivity contribution in [3.8, 4) is 0 Å². The van der Waals surface area contributed by atoms with Crippen molar-refractivity contribution in [1.29, 1.82) is 0 Å². The number of rotatable bonds is 5. The summed E-state index contributed by atoms with van der Waals surface area (Å²) in [7, 11) is -3.50. The molecule has 0 aliphatic rings. The maximum atomic E-state index is 11.7. The summed E-state index contributed by atoms with van der Waals surface area (Å²) in [6.07, 6.45) is 0.995. The van der Waals surface area contributed by atoms with E-state index in [1.165, 1.54) is 0 Å². The Bertz CT molecular complexity index is 569. The molecule has 0 atom stereocenters. The van der Waals surface area contributed by atoms with Gasteiger partial charge in [0, 0.05) is 0 Å². The zero-order valence-corrected chi connectivity index (χ0v) is 13.0. The van der Waals surface area contributed by atoms with E-state index in [0.29, 0.717) is 5.56 Å². The highest BCUT2D eigenvalue weighted by molar-refractivity contribution is 7.85. The van der Waals surface area contributed by atoms with Crippen LogP contribution < -0.4 is 0 Å². The van der Waals surface area contributed by atoms with Crippen LogP contribution in [0.1, 0.15) is 31.9 Å². The molecular formula is C14H20O5S. The number of carbonyl (C=O) groups is 1. The average Bonchev–Trinajstić information content (AvgIpc) is 2.32. The van der Waals surface area contributed by atoms with Crippen LogP contribution in [-0.4, -0.2) is 20.6 Å². The van der Waals surface area contributed by atoms with Crippen LogP contribution in [0.15, 0.2) is 24.3 Å². The fourth-order valence-electron chi connectivity index (χ4n) is 1.37. The normalized spacial score (nSPS) is 12.2. The molecule has 5 nitrogen and oxygen atoms in total. The first-order chi connectivity index (χ1) is 9.09. The Labute approximate surface area is 120 Å². The summed E-state index contributed by atoms with van der Waals surface area (Å²) in [5.74, 6) is -0.309. The lowest BCUT2D eigenvalue weighted by Crippen LogP contribution is -2.23. The smallest absolute Gasteiger partial charge is 0.311 e. The Kier molecular flexibility index (Phi) is 5.30. The molecule has 0 aliphatic heterocycles. The monoisotopic (exact) mass is 300 g/mol. The summed E-state index contributed by atoms with van der Waals surface area (Å²) < 4.78 is 32.0. The third-order valence-corrected chi connectivity index (χ3v) is 3.06. The Morgan fingerprint density at radius 1 is 1.10 bits per heavy atom. The van der Waals surface area contributed by atoms with Gasteiger partial charge >= 0.3 is 5.97 Å². The van der Waals surface area contributed by atoms with Gasteiger partial charge in [0.2, 0.25) is 0 Å². The van der Waals surface area contributed by atoms with Crippen LogP contribution in [0.5, 0.6) is 0 Å². The highest BCUT2D eigenvalue weighted by atomic mass is 32.2. The van der Waals surface area contributed by atoms with Crippen molar-refractivity contribution in [2.24, 2.45) is 5.41 Å². The number of ether oxygens (including phenoxy) is 1. The lowest BCUT2D eigenvalue weighted by Gasteiger charge is -2.17. The molecule has 0 aromatic heterocycles. The largest absolute Gasteiger partial charge is 0.460 e. The lowest BCUT2D eigenvalue weighted by atomic mass is 9.97. The fraction of sp³-hybridized carbons (Fsp3) is 0.500. The van der Waals surface area contributed by atoms with E-state index < -0.39 is 15.5 Å². The molecule has 0 radical (unpaired) electrons. The number of carbonyl (C=O) groups excluding carboxylic acids is 1. The fourth-order valence-corrected chi connectivity index (χ4v) is 1.71. The number of hydrogen-bond donors (Lipinski definition) is 0. The zero-order valence-electron chi connectivity index (χ0n) is 12.2. The van der Waals surface area contributed by atoms with Gasteiger partial charge in [0.25, 0.3) is 10.1 Å². The number of esters is 1. The molecule has 0 saturated carbocycles. The number of benzene rings is 1. The van der Waals surface area contributed by atoms with Gasteiger partial charge in [-0.3, -0.25) is 8.98 Å².